The molecule has 146 heavy (non-hydrogen) atoms. The summed E-state index contributed by atoms with van der Waals surface area (Å²) in [5.41, 5.74) is 7.02. The summed E-state index contributed by atoms with van der Waals surface area (Å²) < 4.78 is 17.7. The van der Waals surface area contributed by atoms with Gasteiger partial charge in [-0.3, -0.25) is 68.2 Å². The number of hydrazine groups is 1. The van der Waals surface area contributed by atoms with E-state index >= 15 is 9.59 Å². The molecule has 6 aliphatic rings. The quantitative estimate of drug-likeness (QED) is 0.00555. The van der Waals surface area contributed by atoms with Crippen LogP contribution in [-0.4, -0.2) is 410 Å². The number of aromatic nitrogens is 5. The Labute approximate surface area is 840 Å². The van der Waals surface area contributed by atoms with Gasteiger partial charge in [-0.05, 0) is 112 Å². The fraction of sp³-hybridized carbons (Fsp3) is 0.565. The second-order valence-electron chi connectivity index (χ2n) is 37.0. The van der Waals surface area contributed by atoms with Crippen LogP contribution in [0.5, 0.6) is 5.75 Å². The standard InChI is InChI=1S/C57H78N8O17S2.C35H48N10O17/c1-7-53(78)24-31-25-56(51(76)81-6,44-33(14-18-64(26-31)29-53)32-12-9-10-13-36(32)59-44)35-22-34-38(23-40(35)80-5)63(4)48-55(34)16-19-65-17-11-15-54(8-2,47(55)65)49(74)57(48,79)50(75)61-62-52(77)82-20-21-83-84-28-37(46(72)73)60-45(71)41(58-30(3)67)43(70)42(69)39(68)27-66;1-13(25(53)26(54)19(48)11-46)39-31(58)18(8-22(51)52)42-32(59)23(28(56)27(55)20(49)12-47)43-21(50)7-6-17(34(61)62)41-30(57)14-2-4-15(5-3-14)37-9-16-10-38-29-24(40-16)33(60)45-35(36)44-29/h9-13,15,22-23,31,37,39,41-43,47-49,59,66,68-70,74,78-79H,7-8,14,16-21,24-29H2,1-6H3,(H,58,67)(H,60,71)(H,61,75)(H,62,77)(H,72,73);2-5,10,13,17-20,23,25-28,37,46-49,53-56H,6-9,11-12H2,1H3,(H,39,58)(H,41,57)(H,42,59)(H,43,50)(H,51,52)(H,61,62)(H3,36,38,44,45,60)/t31-,37+,39-,41+,42-,43-,47+,48-,49-,53+,54-,55-,56+,57+;13-,17+,18+,19-,20-,23+,25-,26-,27-,28-/m11/s1. The van der Waals surface area contributed by atoms with E-state index in [2.05, 4.69) is 72.2 Å². The Balaban J connectivity index is 0.000000292. The second-order valence-corrected chi connectivity index (χ2v) is 39.7. The van der Waals surface area contributed by atoms with Gasteiger partial charge >= 0.3 is 30.0 Å². The highest BCUT2D eigenvalue weighted by molar-refractivity contribution is 8.76. The number of benzene rings is 3. The van der Waals surface area contributed by atoms with Gasteiger partial charge in [-0.2, -0.15) is 4.98 Å². The van der Waals surface area contributed by atoms with Crippen LogP contribution in [0.4, 0.5) is 22.1 Å². The number of carbonyl (C=O) groups excluding carboxylic acids is 9. The molecule has 54 heteroatoms. The number of aliphatic hydroxyl groups excluding tert-OH is 13. The molecule has 52 nitrogen and oxygen atoms in total. The average Bonchev–Trinajstić information content (AvgIpc) is 1.48. The number of carbonyl (C=O) groups is 12. The minimum Gasteiger partial charge on any atom is -0.496 e. The number of aliphatic carboxylic acids is 3. The van der Waals surface area contributed by atoms with Gasteiger partial charge in [0.15, 0.2) is 16.8 Å². The minimum atomic E-state index is -2.65. The number of nitrogen functional groups attached to an aromatic ring is 1. The molecule has 25 atom stereocenters. The number of aromatic amines is 2. The number of nitrogens with one attached hydrogen (secondary N) is 11. The molecule has 800 valence electrons. The third-order valence-electron chi connectivity index (χ3n) is 27.8. The number of carboxylic acids is 3. The van der Waals surface area contributed by atoms with Crippen LogP contribution in [0.2, 0.25) is 0 Å². The van der Waals surface area contributed by atoms with Crippen molar-refractivity contribution >= 4 is 132 Å². The lowest BCUT2D eigenvalue weighted by atomic mass is 9.47. The maximum atomic E-state index is 15.5. The highest BCUT2D eigenvalue weighted by Gasteiger charge is 2.79. The maximum absolute atomic E-state index is 15.5. The fourth-order valence-corrected chi connectivity index (χ4v) is 22.6. The predicted octanol–water partition coefficient (Wildman–Crippen LogP) is -7.50. The number of ether oxygens (including phenoxy) is 3. The minimum absolute atomic E-state index is 0.00832. The lowest BCUT2D eigenvalue weighted by molar-refractivity contribution is -0.204. The first kappa shape index (κ1) is 114. The number of H-pyrrole nitrogens is 2. The zero-order valence-electron chi connectivity index (χ0n) is 80.5. The molecule has 3 aromatic carbocycles. The molecule has 31 N–H and O–H groups in total. The van der Waals surface area contributed by atoms with E-state index in [1.807, 2.05) is 73.0 Å². The van der Waals surface area contributed by atoms with Crippen LogP contribution in [0.1, 0.15) is 117 Å². The number of para-hydroxylation sites is 1. The van der Waals surface area contributed by atoms with Gasteiger partial charge in [0, 0.05) is 120 Å². The van der Waals surface area contributed by atoms with Crippen LogP contribution in [0.25, 0.3) is 22.1 Å². The van der Waals surface area contributed by atoms with Crippen LogP contribution in [-0.2, 0) is 81.2 Å². The van der Waals surface area contributed by atoms with E-state index in [1.165, 1.54) is 44.7 Å². The van der Waals surface area contributed by atoms with Gasteiger partial charge in [0.1, 0.15) is 109 Å². The molecule has 1 spiro atoms. The number of hydrogen-bond acceptors (Lipinski definition) is 41. The molecule has 2 saturated heterocycles. The largest absolute Gasteiger partial charge is 0.496 e. The highest BCUT2D eigenvalue weighted by Crippen LogP contribution is 2.68. The molecule has 8 amide bonds. The summed E-state index contributed by atoms with van der Waals surface area (Å²) in [7, 11) is 6.65. The van der Waals surface area contributed by atoms with Crippen molar-refractivity contribution in [2.45, 2.75) is 223 Å². The van der Waals surface area contributed by atoms with E-state index in [-0.39, 0.29) is 66.1 Å². The molecule has 5 aliphatic heterocycles. The summed E-state index contributed by atoms with van der Waals surface area (Å²) in [5, 5.41) is 203. The number of anilines is 3. The molecule has 1 unspecified atom stereocenters. The topological polar surface area (TPSA) is 828 Å². The van der Waals surface area contributed by atoms with Gasteiger partial charge < -0.3 is 159 Å². The number of aliphatic hydroxyl groups is 15. The van der Waals surface area contributed by atoms with Gasteiger partial charge in [-0.1, -0.05) is 65.8 Å². The van der Waals surface area contributed by atoms with E-state index in [0.29, 0.717) is 92.5 Å². The number of piperidine rings is 1. The van der Waals surface area contributed by atoms with Crippen molar-refractivity contribution in [3.05, 3.63) is 123 Å². The molecule has 6 aromatic rings. The fourth-order valence-electron chi connectivity index (χ4n) is 20.6. The van der Waals surface area contributed by atoms with E-state index in [0.717, 1.165) is 57.5 Å². The Morgan fingerprint density at radius 1 is 0.699 bits per heavy atom. The number of fused-ring (bicyclic) bond motifs is 7. The van der Waals surface area contributed by atoms with Gasteiger partial charge in [0.05, 0.1) is 76.6 Å². The molecule has 8 heterocycles. The normalized spacial score (nSPS) is 24.8. The second kappa shape index (κ2) is 48.6. The Morgan fingerprint density at radius 2 is 1.34 bits per heavy atom. The van der Waals surface area contributed by atoms with E-state index < -0.39 is 253 Å². The van der Waals surface area contributed by atoms with Crippen LogP contribution in [0, 0.1) is 11.3 Å². The molecule has 2 bridgehead atoms. The van der Waals surface area contributed by atoms with Gasteiger partial charge in [-0.15, -0.1) is 0 Å². The number of rotatable bonds is 44. The van der Waals surface area contributed by atoms with Crippen molar-refractivity contribution in [2.75, 3.05) is 108 Å². The van der Waals surface area contributed by atoms with Gasteiger partial charge in [-0.25, -0.2) is 29.8 Å². The zero-order chi connectivity index (χ0) is 107. The van der Waals surface area contributed by atoms with Crippen molar-refractivity contribution in [3.8, 4) is 5.75 Å². The molecular formula is C92H126N18O34S2. The zero-order valence-corrected chi connectivity index (χ0v) is 82.1. The van der Waals surface area contributed by atoms with Crippen molar-refractivity contribution in [1.29, 1.82) is 0 Å². The summed E-state index contributed by atoms with van der Waals surface area (Å²) in [6, 6.07) is 4.73. The molecule has 3 aromatic heterocycles. The first-order valence-electron chi connectivity index (χ1n) is 46.8. The van der Waals surface area contributed by atoms with E-state index in [4.69, 9.17) is 25.1 Å². The van der Waals surface area contributed by atoms with Crippen LogP contribution in [0.3, 0.4) is 0 Å². The molecule has 3 fully saturated rings. The average molecular weight is 2090 g/mol. The Kier molecular flexibility index (Phi) is 38.0. The predicted molar refractivity (Wildman–Crippen MR) is 517 cm³/mol. The lowest BCUT2D eigenvalue weighted by Crippen LogP contribution is -2.82. The Morgan fingerprint density at radius 3 is 1.95 bits per heavy atom. The van der Waals surface area contributed by atoms with Crippen molar-refractivity contribution in [3.63, 3.8) is 0 Å². The summed E-state index contributed by atoms with van der Waals surface area (Å²) in [5.74, 6) is -13.5. The Hall–Kier alpha value is -12.2. The molecule has 12 rings (SSSR count). The first-order valence-corrected chi connectivity index (χ1v) is 49.3. The van der Waals surface area contributed by atoms with Crippen LogP contribution >= 0.6 is 21.6 Å². The third-order valence-corrected chi connectivity index (χ3v) is 30.2. The number of likely N-dealkylation sites (N-methyl/N-ethyl adjacent to an activating group) is 1. The summed E-state index contributed by atoms with van der Waals surface area (Å²) in [6.45, 7) is 5.49. The Bertz CT molecular complexity index is 5840. The number of esters is 1. The number of amides is 8. The van der Waals surface area contributed by atoms with Gasteiger partial charge in [0.2, 0.25) is 35.5 Å². The number of nitrogens with two attached hydrogens (primary N) is 1. The van der Waals surface area contributed by atoms with Gasteiger partial charge in [0.25, 0.3) is 17.4 Å². The molecular weight excluding hydrogens is 1970 g/mol. The summed E-state index contributed by atoms with van der Waals surface area (Å²) in [4.78, 5) is 194. The summed E-state index contributed by atoms with van der Waals surface area (Å²) in [6.07, 6.45) is -16.6. The van der Waals surface area contributed by atoms with E-state index in [9.17, 15) is 140 Å². The smallest absolute Gasteiger partial charge is 0.426 e. The summed E-state index contributed by atoms with van der Waals surface area (Å²) >= 11 is 0. The van der Waals surface area contributed by atoms with Crippen molar-refractivity contribution in [1.82, 2.24) is 77.5 Å². The highest BCUT2D eigenvalue weighted by atomic mass is 33.1. The van der Waals surface area contributed by atoms with Crippen LogP contribution < -0.4 is 69.0 Å². The number of carboxylic acid groups (broad SMARTS) is 3. The van der Waals surface area contributed by atoms with Crippen LogP contribution in [0.15, 0.2) is 83.8 Å². The third kappa shape index (κ3) is 24.3. The number of nitrogens with zero attached hydrogens (tertiary/aromatic N) is 6. The SMILES string of the molecule is CC[C@]1(O)C[C@H]2CN(CCc3c([nH]c4ccccc34)[C@@](C(=O)OC)(c3cc4c(cc3OC)N(C)[C@H]3[C@@](O)(C(=O)NNC(=O)OCCSSC[C@H](NC(=O)[C@@H](NC(C)=O)[C@@H](O)[C@H](O)[C@H](O)CO)C(=O)O)[C@H](O)[C@]5(CC)C=CCN6CC[C@]43[C@@H]65)C2)C1.C[C@@H](NC(=O)[C@H](CC(=O)O)NC(=O)[C@@H](NC(=O)CC[C@H](NC(=O)c1ccc(NCc2cnc3nc(N)[nH]c(=O)c3n2)cc1)C(=O)O)[C@@H](O)[C@H](O)[C@H](O)CO)[C@@H](O)[C@H](O)[C@H](O)CO. The molecule has 1 aliphatic carbocycles. The first-order chi connectivity index (χ1) is 69.1. The lowest BCUT2D eigenvalue weighted by Gasteiger charge is -2.63. The number of hydrogen-bond donors (Lipinski definition) is 30. The monoisotopic (exact) mass is 2090 g/mol. The maximum Gasteiger partial charge on any atom is 0.426 e. The van der Waals surface area contributed by atoms with Crippen molar-refractivity contribution < 1.29 is 164 Å². The molecule has 1 saturated carbocycles. The van der Waals surface area contributed by atoms with Crippen molar-refractivity contribution in [2.24, 2.45) is 11.3 Å². The molecule has 0 radical (unpaired) electrons. The van der Waals surface area contributed by atoms with E-state index in [1.54, 1.807) is 11.9 Å². The number of methoxy groups -OCH3 is 2.